The van der Waals surface area contributed by atoms with Crippen LogP contribution in [0.3, 0.4) is 0 Å². The number of nitrogens with zero attached hydrogens (tertiary/aromatic N) is 1. The standard InChI is InChI=1S/C24H33N3O2/c1-17(2)22(26-23(28)20-13-11-18(3)12-14-20)24(29)25-16-21(27(4)5)15-19-9-7-6-8-10-19/h6-14,17,21-22H,15-16H2,1-5H3,(H,25,29)(H,26,28). The Morgan fingerprint density at radius 3 is 2.14 bits per heavy atom. The SMILES string of the molecule is Cc1ccc(C(=O)NC(C(=O)NCC(Cc2ccccc2)N(C)C)C(C)C)cc1. The number of carbonyl (C=O) groups is 2. The Bertz CT molecular complexity index is 786. The zero-order valence-corrected chi connectivity index (χ0v) is 18.1. The smallest absolute Gasteiger partial charge is 0.251 e. The molecule has 0 saturated heterocycles. The summed E-state index contributed by atoms with van der Waals surface area (Å²) in [6.45, 7) is 6.37. The van der Waals surface area contributed by atoms with Gasteiger partial charge in [0.15, 0.2) is 0 Å². The number of aryl methyl sites for hydroxylation is 1. The largest absolute Gasteiger partial charge is 0.353 e. The van der Waals surface area contributed by atoms with Crippen molar-refractivity contribution in [1.82, 2.24) is 15.5 Å². The fourth-order valence-electron chi connectivity index (χ4n) is 3.12. The first kappa shape index (κ1) is 22.6. The highest BCUT2D eigenvalue weighted by Gasteiger charge is 2.25. The van der Waals surface area contributed by atoms with Crippen molar-refractivity contribution < 1.29 is 9.59 Å². The molecule has 2 N–H and O–H groups in total. The molecule has 5 nitrogen and oxygen atoms in total. The summed E-state index contributed by atoms with van der Waals surface area (Å²) in [5, 5.41) is 5.93. The molecule has 0 saturated carbocycles. The highest BCUT2D eigenvalue weighted by Crippen LogP contribution is 2.09. The molecular weight excluding hydrogens is 362 g/mol. The van der Waals surface area contributed by atoms with E-state index in [2.05, 4.69) is 27.7 Å². The molecule has 0 aliphatic rings. The molecule has 2 amide bonds. The molecule has 0 aliphatic heterocycles. The van der Waals surface area contributed by atoms with Crippen LogP contribution in [0.2, 0.25) is 0 Å². The van der Waals surface area contributed by atoms with Crippen LogP contribution in [0.1, 0.15) is 35.3 Å². The van der Waals surface area contributed by atoms with Crippen LogP contribution >= 0.6 is 0 Å². The van der Waals surface area contributed by atoms with Gasteiger partial charge in [-0.15, -0.1) is 0 Å². The Kier molecular flexibility index (Phi) is 8.40. The van der Waals surface area contributed by atoms with Crippen LogP contribution in [-0.2, 0) is 11.2 Å². The molecule has 0 heterocycles. The third kappa shape index (κ3) is 7.02. The van der Waals surface area contributed by atoms with Gasteiger partial charge < -0.3 is 15.5 Å². The predicted molar refractivity (Wildman–Crippen MR) is 118 cm³/mol. The second-order valence-corrected chi connectivity index (χ2v) is 8.11. The summed E-state index contributed by atoms with van der Waals surface area (Å²) in [6, 6.07) is 17.2. The number of hydrogen-bond acceptors (Lipinski definition) is 3. The first-order chi connectivity index (χ1) is 13.8. The van der Waals surface area contributed by atoms with Crippen LogP contribution in [-0.4, -0.2) is 49.4 Å². The summed E-state index contributed by atoms with van der Waals surface area (Å²) >= 11 is 0. The van der Waals surface area contributed by atoms with Gasteiger partial charge in [-0.05, 0) is 51.1 Å². The average Bonchev–Trinajstić information content (AvgIpc) is 2.69. The van der Waals surface area contributed by atoms with Crippen LogP contribution < -0.4 is 10.6 Å². The molecular formula is C24H33N3O2. The lowest BCUT2D eigenvalue weighted by Gasteiger charge is -2.27. The maximum Gasteiger partial charge on any atom is 0.251 e. The summed E-state index contributed by atoms with van der Waals surface area (Å²) in [6.07, 6.45) is 0.843. The van der Waals surface area contributed by atoms with Crippen LogP contribution in [0.5, 0.6) is 0 Å². The number of hydrogen-bond donors (Lipinski definition) is 2. The zero-order chi connectivity index (χ0) is 21.4. The average molecular weight is 396 g/mol. The molecule has 2 atom stereocenters. The van der Waals surface area contributed by atoms with Gasteiger partial charge in [-0.25, -0.2) is 0 Å². The van der Waals surface area contributed by atoms with Crippen LogP contribution in [0, 0.1) is 12.8 Å². The minimum Gasteiger partial charge on any atom is -0.353 e. The molecule has 2 rings (SSSR count). The first-order valence-corrected chi connectivity index (χ1v) is 10.1. The summed E-state index contributed by atoms with van der Waals surface area (Å²) in [5.41, 5.74) is 2.88. The van der Waals surface area contributed by atoms with Crippen molar-refractivity contribution in [3.05, 3.63) is 71.3 Å². The quantitative estimate of drug-likeness (QED) is 0.686. The van der Waals surface area contributed by atoms with Gasteiger partial charge in [0.1, 0.15) is 6.04 Å². The monoisotopic (exact) mass is 395 g/mol. The summed E-state index contributed by atoms with van der Waals surface area (Å²) in [5.74, 6) is -0.399. The van der Waals surface area contributed by atoms with E-state index in [1.54, 1.807) is 12.1 Å². The molecule has 2 aromatic rings. The van der Waals surface area contributed by atoms with Crippen molar-refractivity contribution in [2.24, 2.45) is 5.92 Å². The Balaban J connectivity index is 1.98. The zero-order valence-electron chi connectivity index (χ0n) is 18.1. The lowest BCUT2D eigenvalue weighted by Crippen LogP contribution is -2.52. The Morgan fingerprint density at radius 1 is 0.966 bits per heavy atom. The van der Waals surface area contributed by atoms with Crippen molar-refractivity contribution in [3.63, 3.8) is 0 Å². The minimum atomic E-state index is -0.580. The third-order valence-corrected chi connectivity index (χ3v) is 5.11. The van der Waals surface area contributed by atoms with Gasteiger partial charge in [0, 0.05) is 18.2 Å². The molecule has 5 heteroatoms. The molecule has 2 unspecified atom stereocenters. The fourth-order valence-corrected chi connectivity index (χ4v) is 3.12. The lowest BCUT2D eigenvalue weighted by molar-refractivity contribution is -0.124. The Morgan fingerprint density at radius 2 is 1.59 bits per heavy atom. The van der Waals surface area contributed by atoms with E-state index in [9.17, 15) is 9.59 Å². The molecule has 0 spiro atoms. The van der Waals surface area contributed by atoms with Gasteiger partial charge in [0.2, 0.25) is 5.91 Å². The van der Waals surface area contributed by atoms with Crippen LogP contribution in [0.4, 0.5) is 0 Å². The van der Waals surface area contributed by atoms with Gasteiger partial charge in [0.25, 0.3) is 5.91 Å². The highest BCUT2D eigenvalue weighted by molar-refractivity contribution is 5.97. The third-order valence-electron chi connectivity index (χ3n) is 5.11. The Labute approximate surface area is 174 Å². The number of amides is 2. The molecule has 156 valence electrons. The van der Waals surface area contributed by atoms with Gasteiger partial charge >= 0.3 is 0 Å². The molecule has 0 radical (unpaired) electrons. The van der Waals surface area contributed by atoms with E-state index in [1.165, 1.54) is 5.56 Å². The predicted octanol–water partition coefficient (Wildman–Crippen LogP) is 3.04. The molecule has 0 aliphatic carbocycles. The minimum absolute atomic E-state index is 0.0173. The summed E-state index contributed by atoms with van der Waals surface area (Å²) in [7, 11) is 4.03. The van der Waals surface area contributed by atoms with Gasteiger partial charge in [0.05, 0.1) is 0 Å². The molecule has 0 bridgehead atoms. The summed E-state index contributed by atoms with van der Waals surface area (Å²) < 4.78 is 0. The summed E-state index contributed by atoms with van der Waals surface area (Å²) in [4.78, 5) is 27.5. The first-order valence-electron chi connectivity index (χ1n) is 10.1. The van der Waals surface area contributed by atoms with E-state index < -0.39 is 6.04 Å². The fraction of sp³-hybridized carbons (Fsp3) is 0.417. The molecule has 0 fully saturated rings. The van der Waals surface area contributed by atoms with Crippen molar-refractivity contribution in [2.75, 3.05) is 20.6 Å². The van der Waals surface area contributed by atoms with E-state index in [0.717, 1.165) is 12.0 Å². The number of likely N-dealkylation sites (N-methyl/N-ethyl adjacent to an activating group) is 1. The van der Waals surface area contributed by atoms with Gasteiger partial charge in [-0.1, -0.05) is 61.9 Å². The number of benzene rings is 2. The Hall–Kier alpha value is -2.66. The topological polar surface area (TPSA) is 61.4 Å². The maximum atomic E-state index is 12.8. The normalized spacial score (nSPS) is 13.2. The van der Waals surface area contributed by atoms with Crippen LogP contribution in [0.15, 0.2) is 54.6 Å². The highest BCUT2D eigenvalue weighted by atomic mass is 16.2. The van der Waals surface area contributed by atoms with Crippen molar-refractivity contribution in [1.29, 1.82) is 0 Å². The van der Waals surface area contributed by atoms with Crippen LogP contribution in [0.25, 0.3) is 0 Å². The number of carbonyl (C=O) groups excluding carboxylic acids is 2. The second kappa shape index (κ2) is 10.8. The van der Waals surface area contributed by atoms with E-state index in [1.807, 2.05) is 65.2 Å². The van der Waals surface area contributed by atoms with E-state index in [-0.39, 0.29) is 23.8 Å². The van der Waals surface area contributed by atoms with Crippen molar-refractivity contribution >= 4 is 11.8 Å². The van der Waals surface area contributed by atoms with Gasteiger partial charge in [-0.2, -0.15) is 0 Å². The van der Waals surface area contributed by atoms with E-state index in [0.29, 0.717) is 12.1 Å². The van der Waals surface area contributed by atoms with Crippen molar-refractivity contribution in [3.8, 4) is 0 Å². The number of nitrogens with one attached hydrogen (secondary N) is 2. The molecule has 0 aromatic heterocycles. The second-order valence-electron chi connectivity index (χ2n) is 8.11. The lowest BCUT2D eigenvalue weighted by atomic mass is 10.0. The van der Waals surface area contributed by atoms with Gasteiger partial charge in [-0.3, -0.25) is 9.59 Å². The van der Waals surface area contributed by atoms with E-state index >= 15 is 0 Å². The van der Waals surface area contributed by atoms with E-state index in [4.69, 9.17) is 0 Å². The maximum absolute atomic E-state index is 12.8. The van der Waals surface area contributed by atoms with Crippen molar-refractivity contribution in [2.45, 2.75) is 39.3 Å². The molecule has 29 heavy (non-hydrogen) atoms. The molecule has 2 aromatic carbocycles. The number of rotatable bonds is 9.